The topological polar surface area (TPSA) is 55.1 Å². The van der Waals surface area contributed by atoms with Crippen LogP contribution in [0.5, 0.6) is 5.75 Å². The third-order valence-electron chi connectivity index (χ3n) is 4.95. The molecule has 4 heteroatoms. The van der Waals surface area contributed by atoms with Crippen LogP contribution in [-0.2, 0) is 6.42 Å². The number of imidazole rings is 1. The summed E-state index contributed by atoms with van der Waals surface area (Å²) in [6.45, 7) is 7.86. The van der Waals surface area contributed by atoms with Gasteiger partial charge in [-0.15, -0.1) is 0 Å². The number of aryl methyl sites for hydroxylation is 2. The van der Waals surface area contributed by atoms with Crippen molar-refractivity contribution in [3.8, 4) is 5.75 Å². The standard InChI is InChI=1S/C23H26N2O2/c1-15(2)25-11-10-24-23(25)22(27)20(19-8-6-5-7-9-19)14-18-12-16(3)21(26)17(4)13-18/h5-13,15,20,26H,14H2,1-4H3/t20-/m0/s1. The Morgan fingerprint density at radius 2 is 1.74 bits per heavy atom. The number of phenols is 1. The molecule has 0 spiro atoms. The van der Waals surface area contributed by atoms with Crippen LogP contribution in [0.3, 0.4) is 0 Å². The number of rotatable bonds is 6. The molecular formula is C23H26N2O2. The van der Waals surface area contributed by atoms with Crippen LogP contribution in [0, 0.1) is 13.8 Å². The molecule has 1 atom stereocenters. The van der Waals surface area contributed by atoms with E-state index in [1.54, 1.807) is 6.20 Å². The fourth-order valence-electron chi connectivity index (χ4n) is 3.52. The van der Waals surface area contributed by atoms with E-state index in [0.29, 0.717) is 18.0 Å². The van der Waals surface area contributed by atoms with Crippen molar-refractivity contribution in [1.29, 1.82) is 0 Å². The van der Waals surface area contributed by atoms with Crippen molar-refractivity contribution < 1.29 is 9.90 Å². The van der Waals surface area contributed by atoms with Crippen molar-refractivity contribution in [2.24, 2.45) is 0 Å². The summed E-state index contributed by atoms with van der Waals surface area (Å²) in [6.07, 6.45) is 4.11. The number of carbonyl (C=O) groups excluding carboxylic acids is 1. The number of aromatic hydroxyl groups is 1. The lowest BCUT2D eigenvalue weighted by Crippen LogP contribution is -2.21. The second-order valence-corrected chi connectivity index (χ2v) is 7.36. The number of hydrogen-bond acceptors (Lipinski definition) is 3. The van der Waals surface area contributed by atoms with Gasteiger partial charge in [0.05, 0.1) is 5.92 Å². The number of hydrogen-bond donors (Lipinski definition) is 1. The van der Waals surface area contributed by atoms with Crippen LogP contribution in [0.25, 0.3) is 0 Å². The summed E-state index contributed by atoms with van der Waals surface area (Å²) in [5.74, 6) is 0.500. The Morgan fingerprint density at radius 1 is 1.11 bits per heavy atom. The van der Waals surface area contributed by atoms with E-state index in [2.05, 4.69) is 4.98 Å². The van der Waals surface area contributed by atoms with Gasteiger partial charge in [0.2, 0.25) is 5.78 Å². The first-order valence-electron chi connectivity index (χ1n) is 9.29. The van der Waals surface area contributed by atoms with Crippen LogP contribution < -0.4 is 0 Å². The van der Waals surface area contributed by atoms with Gasteiger partial charge >= 0.3 is 0 Å². The van der Waals surface area contributed by atoms with Gasteiger partial charge < -0.3 is 9.67 Å². The lowest BCUT2D eigenvalue weighted by Gasteiger charge is -2.19. The molecule has 0 unspecified atom stereocenters. The predicted molar refractivity (Wildman–Crippen MR) is 107 cm³/mol. The highest BCUT2D eigenvalue weighted by Gasteiger charge is 2.27. The first kappa shape index (κ1) is 18.9. The van der Waals surface area contributed by atoms with Crippen LogP contribution in [0.15, 0.2) is 54.9 Å². The Kier molecular flexibility index (Phi) is 5.45. The van der Waals surface area contributed by atoms with E-state index in [1.165, 1.54) is 0 Å². The molecule has 1 heterocycles. The van der Waals surface area contributed by atoms with Crippen molar-refractivity contribution in [3.05, 3.63) is 82.9 Å². The average Bonchev–Trinajstić information content (AvgIpc) is 3.14. The molecule has 27 heavy (non-hydrogen) atoms. The molecule has 0 saturated carbocycles. The summed E-state index contributed by atoms with van der Waals surface area (Å²) in [6, 6.07) is 13.9. The molecule has 1 N–H and O–H groups in total. The van der Waals surface area contributed by atoms with E-state index in [0.717, 1.165) is 22.3 Å². The van der Waals surface area contributed by atoms with Gasteiger partial charge in [-0.1, -0.05) is 42.5 Å². The molecule has 3 aromatic rings. The van der Waals surface area contributed by atoms with Gasteiger partial charge in [-0.2, -0.15) is 0 Å². The monoisotopic (exact) mass is 362 g/mol. The molecule has 4 nitrogen and oxygen atoms in total. The van der Waals surface area contributed by atoms with Gasteiger partial charge in [0, 0.05) is 18.4 Å². The first-order chi connectivity index (χ1) is 12.9. The van der Waals surface area contributed by atoms with Gasteiger partial charge in [0.1, 0.15) is 5.75 Å². The molecule has 0 aliphatic rings. The maximum absolute atomic E-state index is 13.4. The molecule has 0 bridgehead atoms. The maximum atomic E-state index is 13.4. The van der Waals surface area contributed by atoms with Crippen LogP contribution in [-0.4, -0.2) is 20.4 Å². The van der Waals surface area contributed by atoms with Gasteiger partial charge in [-0.25, -0.2) is 4.98 Å². The molecule has 1 aromatic heterocycles. The summed E-state index contributed by atoms with van der Waals surface area (Å²) in [7, 11) is 0. The highest BCUT2D eigenvalue weighted by Crippen LogP contribution is 2.29. The fourth-order valence-corrected chi connectivity index (χ4v) is 3.52. The molecule has 0 fully saturated rings. The third kappa shape index (κ3) is 3.95. The first-order valence-corrected chi connectivity index (χ1v) is 9.29. The molecule has 0 saturated heterocycles. The Labute approximate surface area is 160 Å². The Balaban J connectivity index is 2.02. The van der Waals surface area contributed by atoms with E-state index < -0.39 is 0 Å². The number of aromatic nitrogens is 2. The lowest BCUT2D eigenvalue weighted by atomic mass is 9.87. The summed E-state index contributed by atoms with van der Waals surface area (Å²) < 4.78 is 1.92. The van der Waals surface area contributed by atoms with Gasteiger partial charge in [-0.3, -0.25) is 4.79 Å². The molecule has 0 aliphatic carbocycles. The minimum Gasteiger partial charge on any atom is -0.507 e. The zero-order chi connectivity index (χ0) is 19.6. The van der Waals surface area contributed by atoms with E-state index in [4.69, 9.17) is 0 Å². The second kappa shape index (κ2) is 7.78. The number of phenolic OH excluding ortho intramolecular Hbond substituents is 1. The van der Waals surface area contributed by atoms with Crippen molar-refractivity contribution >= 4 is 5.78 Å². The largest absolute Gasteiger partial charge is 0.507 e. The Hall–Kier alpha value is -2.88. The molecule has 3 rings (SSSR count). The molecule has 140 valence electrons. The molecular weight excluding hydrogens is 336 g/mol. The average molecular weight is 362 g/mol. The van der Waals surface area contributed by atoms with Gasteiger partial charge in [-0.05, 0) is 56.4 Å². The van der Waals surface area contributed by atoms with Gasteiger partial charge in [0.15, 0.2) is 5.82 Å². The highest BCUT2D eigenvalue weighted by molar-refractivity contribution is 5.98. The number of Topliss-reactive ketones (excluding diaryl/α,β-unsaturated/α-hetero) is 1. The number of carbonyl (C=O) groups is 1. The van der Waals surface area contributed by atoms with E-state index in [1.807, 2.05) is 80.9 Å². The second-order valence-electron chi connectivity index (χ2n) is 7.36. The zero-order valence-corrected chi connectivity index (χ0v) is 16.3. The van der Waals surface area contributed by atoms with E-state index >= 15 is 0 Å². The predicted octanol–water partition coefficient (Wildman–Crippen LogP) is 5.00. The van der Waals surface area contributed by atoms with Crippen LogP contribution in [0.2, 0.25) is 0 Å². The fraction of sp³-hybridized carbons (Fsp3) is 0.304. The Bertz CT molecular complexity index is 919. The minimum absolute atomic E-state index is 0.0169. The van der Waals surface area contributed by atoms with Gasteiger partial charge in [0.25, 0.3) is 0 Å². The summed E-state index contributed by atoms with van der Waals surface area (Å²) in [4.78, 5) is 17.8. The van der Waals surface area contributed by atoms with Crippen molar-refractivity contribution in [2.45, 2.75) is 46.1 Å². The molecule has 0 amide bonds. The smallest absolute Gasteiger partial charge is 0.206 e. The normalized spacial score (nSPS) is 12.3. The van der Waals surface area contributed by atoms with E-state index in [9.17, 15) is 9.90 Å². The van der Waals surface area contributed by atoms with Crippen molar-refractivity contribution in [2.75, 3.05) is 0 Å². The number of benzene rings is 2. The molecule has 0 radical (unpaired) electrons. The highest BCUT2D eigenvalue weighted by atomic mass is 16.3. The van der Waals surface area contributed by atoms with Crippen LogP contribution in [0.4, 0.5) is 0 Å². The molecule has 2 aromatic carbocycles. The summed E-state index contributed by atoms with van der Waals surface area (Å²) in [5, 5.41) is 10.1. The quantitative estimate of drug-likeness (QED) is 0.628. The third-order valence-corrected chi connectivity index (χ3v) is 4.95. The number of ketones is 1. The van der Waals surface area contributed by atoms with Crippen molar-refractivity contribution in [3.63, 3.8) is 0 Å². The lowest BCUT2D eigenvalue weighted by molar-refractivity contribution is 0.0942. The Morgan fingerprint density at radius 3 is 2.33 bits per heavy atom. The summed E-state index contributed by atoms with van der Waals surface area (Å²) >= 11 is 0. The van der Waals surface area contributed by atoms with Crippen LogP contribution in [0.1, 0.15) is 58.7 Å². The number of nitrogens with zero attached hydrogens (tertiary/aromatic N) is 2. The zero-order valence-electron chi connectivity index (χ0n) is 16.3. The van der Waals surface area contributed by atoms with Crippen LogP contribution >= 0.6 is 0 Å². The van der Waals surface area contributed by atoms with E-state index in [-0.39, 0.29) is 17.7 Å². The maximum Gasteiger partial charge on any atom is 0.206 e. The molecule has 0 aliphatic heterocycles. The summed E-state index contributed by atoms with van der Waals surface area (Å²) in [5.41, 5.74) is 3.66. The minimum atomic E-state index is -0.325. The SMILES string of the molecule is Cc1cc(C[C@H](C(=O)c2nccn2C(C)C)c2ccccc2)cc(C)c1O. The van der Waals surface area contributed by atoms with Crippen molar-refractivity contribution in [1.82, 2.24) is 9.55 Å².